The van der Waals surface area contributed by atoms with Gasteiger partial charge in [-0.15, -0.1) is 0 Å². The van der Waals surface area contributed by atoms with E-state index in [4.69, 9.17) is 9.47 Å². The van der Waals surface area contributed by atoms with Gasteiger partial charge in [-0.2, -0.15) is 0 Å². The number of nitrogens with one attached hydrogen (secondary N) is 2. The number of aryl methyl sites for hydroxylation is 1. The third-order valence-electron chi connectivity index (χ3n) is 7.62. The van der Waals surface area contributed by atoms with E-state index in [0.29, 0.717) is 32.2 Å². The molecular weight excluding hydrogens is 558 g/mol. The van der Waals surface area contributed by atoms with Crippen LogP contribution in [0.4, 0.5) is 9.59 Å². The first kappa shape index (κ1) is 31.3. The fraction of sp³-hybridized carbons (Fsp3) is 0.516. The van der Waals surface area contributed by atoms with E-state index in [-0.39, 0.29) is 35.2 Å². The van der Waals surface area contributed by atoms with Crippen LogP contribution in [0.1, 0.15) is 57.6 Å². The highest BCUT2D eigenvalue weighted by molar-refractivity contribution is 7.91. The van der Waals surface area contributed by atoms with Crippen molar-refractivity contribution in [3.63, 3.8) is 0 Å². The zero-order valence-corrected chi connectivity index (χ0v) is 25.5. The number of likely N-dealkylation sites (tertiary alicyclic amines) is 1. The van der Waals surface area contributed by atoms with Crippen molar-refractivity contribution in [1.82, 2.24) is 15.5 Å². The van der Waals surface area contributed by atoms with Gasteiger partial charge in [-0.1, -0.05) is 48.0 Å². The van der Waals surface area contributed by atoms with E-state index in [1.54, 1.807) is 49.9 Å². The van der Waals surface area contributed by atoms with E-state index in [2.05, 4.69) is 10.6 Å². The van der Waals surface area contributed by atoms with E-state index >= 15 is 0 Å². The van der Waals surface area contributed by atoms with Gasteiger partial charge in [0.15, 0.2) is 9.84 Å². The van der Waals surface area contributed by atoms with Gasteiger partial charge in [-0.3, -0.25) is 4.79 Å². The van der Waals surface area contributed by atoms with E-state index in [1.807, 2.05) is 37.3 Å². The highest BCUT2D eigenvalue weighted by Crippen LogP contribution is 2.34. The molecule has 0 radical (unpaired) electrons. The third kappa shape index (κ3) is 8.47. The van der Waals surface area contributed by atoms with Gasteiger partial charge in [0.05, 0.1) is 10.6 Å². The quantitative estimate of drug-likeness (QED) is 0.461. The Kier molecular flexibility index (Phi) is 9.81. The maximum atomic E-state index is 13.5. The van der Waals surface area contributed by atoms with E-state index in [0.717, 1.165) is 11.1 Å². The van der Waals surface area contributed by atoms with Crippen molar-refractivity contribution in [3.8, 4) is 0 Å². The summed E-state index contributed by atoms with van der Waals surface area (Å²) in [6.07, 6.45) is 0.602. The topological polar surface area (TPSA) is 131 Å². The molecule has 4 rings (SSSR count). The van der Waals surface area contributed by atoms with Gasteiger partial charge >= 0.3 is 12.2 Å². The molecule has 1 heterocycles. The number of hydrogen-bond donors (Lipinski definition) is 2. The molecule has 2 aromatic rings. The largest absolute Gasteiger partial charge is 0.445 e. The zero-order chi connectivity index (χ0) is 30.5. The van der Waals surface area contributed by atoms with Crippen LogP contribution in [0, 0.1) is 12.8 Å². The van der Waals surface area contributed by atoms with Crippen LogP contribution in [0.2, 0.25) is 0 Å². The normalized spacial score (nSPS) is 22.9. The van der Waals surface area contributed by atoms with E-state index in [9.17, 15) is 22.8 Å². The molecular formula is C31H41N3O7S. The number of sulfone groups is 1. The number of alkyl carbamates (subject to hydrolysis) is 2. The summed E-state index contributed by atoms with van der Waals surface area (Å²) in [5.74, 6) is -0.862. The second kappa shape index (κ2) is 13.1. The van der Waals surface area contributed by atoms with Crippen molar-refractivity contribution < 1.29 is 32.3 Å². The Morgan fingerprint density at radius 3 is 2.31 bits per heavy atom. The van der Waals surface area contributed by atoms with Crippen LogP contribution in [0.15, 0.2) is 59.5 Å². The fourth-order valence-electron chi connectivity index (χ4n) is 5.64. The lowest BCUT2D eigenvalue weighted by atomic mass is 9.81. The molecule has 1 aliphatic carbocycles. The number of ether oxygens (including phenoxy) is 2. The lowest BCUT2D eigenvalue weighted by molar-refractivity contribution is -0.133. The molecule has 4 atom stereocenters. The summed E-state index contributed by atoms with van der Waals surface area (Å²) >= 11 is 0. The Balaban J connectivity index is 1.45. The molecule has 1 aliphatic heterocycles. The van der Waals surface area contributed by atoms with Crippen LogP contribution >= 0.6 is 0 Å². The summed E-state index contributed by atoms with van der Waals surface area (Å²) in [4.78, 5) is 40.3. The monoisotopic (exact) mass is 599 g/mol. The van der Waals surface area contributed by atoms with Gasteiger partial charge in [0.1, 0.15) is 18.2 Å². The Labute approximate surface area is 248 Å². The van der Waals surface area contributed by atoms with Crippen LogP contribution in [0.3, 0.4) is 0 Å². The maximum absolute atomic E-state index is 13.5. The van der Waals surface area contributed by atoms with Gasteiger partial charge < -0.3 is 25.0 Å². The molecule has 2 fully saturated rings. The summed E-state index contributed by atoms with van der Waals surface area (Å²) in [6.45, 7) is 7.70. The summed E-state index contributed by atoms with van der Waals surface area (Å²) in [7, 11) is -3.68. The number of amides is 3. The van der Waals surface area contributed by atoms with Crippen LogP contribution < -0.4 is 10.6 Å². The zero-order valence-electron chi connectivity index (χ0n) is 24.7. The van der Waals surface area contributed by atoms with Gasteiger partial charge in [-0.25, -0.2) is 18.0 Å². The predicted octanol–water partition coefficient (Wildman–Crippen LogP) is 4.36. The number of carbonyl (C=O) groups excluding carboxylic acids is 3. The summed E-state index contributed by atoms with van der Waals surface area (Å²) in [5, 5.41) is 5.56. The van der Waals surface area contributed by atoms with Gasteiger partial charge in [-0.05, 0) is 77.0 Å². The number of hydrogen-bond acceptors (Lipinski definition) is 7. The number of nitrogens with zero attached hydrogens (tertiary/aromatic N) is 1. The van der Waals surface area contributed by atoms with Crippen molar-refractivity contribution >= 4 is 27.9 Å². The second-order valence-corrected chi connectivity index (χ2v) is 14.2. The molecule has 42 heavy (non-hydrogen) atoms. The maximum Gasteiger partial charge on any atom is 0.408 e. The molecule has 1 saturated carbocycles. The molecule has 2 N–H and O–H groups in total. The average Bonchev–Trinajstić information content (AvgIpc) is 3.26. The molecule has 11 heteroatoms. The number of carbonyl (C=O) groups is 3. The summed E-state index contributed by atoms with van der Waals surface area (Å²) in [6, 6.07) is 14.6. The van der Waals surface area contributed by atoms with Crippen LogP contribution in [0.25, 0.3) is 0 Å². The highest BCUT2D eigenvalue weighted by Gasteiger charge is 2.44. The fourth-order valence-corrected chi connectivity index (χ4v) is 7.30. The average molecular weight is 600 g/mol. The summed E-state index contributed by atoms with van der Waals surface area (Å²) < 4.78 is 37.7. The molecule has 1 unspecified atom stereocenters. The minimum Gasteiger partial charge on any atom is -0.445 e. The SMILES string of the molecule is Cc1ccc(S(=O)(=O)C[C@@H]2C[C@H](NC(=O)OC(C)(C)C)CC[C@@H]2N2CCC(NC(=O)OCc3ccccc3)C2=O)cc1. The standard InChI is InChI=1S/C31H41N3O7S/c1-21-10-13-25(14-11-21)42(38,39)20-23-18-24(32-30(37)41-31(2,3)4)12-15-27(23)34-17-16-26(28(34)35)33-29(36)40-19-22-8-6-5-7-9-22/h5-11,13-14,23-24,26-27H,12,15-20H2,1-4H3,(H,32,37)(H,33,36)/t23-,24+,26?,27-/m0/s1. The van der Waals surface area contributed by atoms with Crippen LogP contribution in [-0.2, 0) is 30.7 Å². The molecule has 0 bridgehead atoms. The first-order chi connectivity index (χ1) is 19.8. The Hall–Kier alpha value is -3.60. The number of benzene rings is 2. The van der Waals surface area contributed by atoms with Crippen molar-refractivity contribution in [2.24, 2.45) is 5.92 Å². The smallest absolute Gasteiger partial charge is 0.408 e. The molecule has 0 aromatic heterocycles. The van der Waals surface area contributed by atoms with E-state index in [1.165, 1.54) is 0 Å². The first-order valence-electron chi connectivity index (χ1n) is 14.4. The molecule has 1 saturated heterocycles. The molecule has 2 aromatic carbocycles. The molecule has 3 amide bonds. The molecule has 0 spiro atoms. The Bertz CT molecular complexity index is 1360. The lowest BCUT2D eigenvalue weighted by Crippen LogP contribution is -2.53. The highest BCUT2D eigenvalue weighted by atomic mass is 32.2. The molecule has 10 nitrogen and oxygen atoms in total. The molecule has 228 valence electrons. The first-order valence-corrected chi connectivity index (χ1v) is 16.0. The van der Waals surface area contributed by atoms with Gasteiger partial charge in [0.2, 0.25) is 5.91 Å². The third-order valence-corrected chi connectivity index (χ3v) is 9.48. The van der Waals surface area contributed by atoms with Crippen molar-refractivity contribution in [3.05, 3.63) is 65.7 Å². The van der Waals surface area contributed by atoms with Crippen LogP contribution in [-0.4, -0.2) is 67.4 Å². The summed E-state index contributed by atoms with van der Waals surface area (Å²) in [5.41, 5.74) is 1.12. The van der Waals surface area contributed by atoms with Crippen molar-refractivity contribution in [1.29, 1.82) is 0 Å². The number of rotatable bonds is 8. The van der Waals surface area contributed by atoms with Gasteiger partial charge in [0.25, 0.3) is 0 Å². The second-order valence-electron chi connectivity index (χ2n) is 12.2. The van der Waals surface area contributed by atoms with Crippen molar-refractivity contribution in [2.75, 3.05) is 12.3 Å². The lowest BCUT2D eigenvalue weighted by Gasteiger charge is -2.41. The van der Waals surface area contributed by atoms with Crippen LogP contribution in [0.5, 0.6) is 0 Å². The van der Waals surface area contributed by atoms with Crippen molar-refractivity contribution in [2.45, 2.75) is 88.6 Å². The Morgan fingerprint density at radius 1 is 0.952 bits per heavy atom. The minimum atomic E-state index is -3.68. The predicted molar refractivity (Wildman–Crippen MR) is 157 cm³/mol. The van der Waals surface area contributed by atoms with E-state index < -0.39 is 39.6 Å². The Morgan fingerprint density at radius 2 is 1.64 bits per heavy atom. The van der Waals surface area contributed by atoms with Gasteiger partial charge in [0, 0.05) is 18.6 Å². The molecule has 2 aliphatic rings. The minimum absolute atomic E-state index is 0.0882.